The van der Waals surface area contributed by atoms with Crippen molar-refractivity contribution in [3.05, 3.63) is 65.6 Å². The van der Waals surface area contributed by atoms with Crippen molar-refractivity contribution < 1.29 is 22.3 Å². The molecular weight excluding hydrogens is 507 g/mol. The van der Waals surface area contributed by atoms with E-state index in [0.29, 0.717) is 48.1 Å². The lowest BCUT2D eigenvalue weighted by atomic mass is 10.0. The summed E-state index contributed by atoms with van der Waals surface area (Å²) in [6, 6.07) is 12.0. The number of benzene rings is 1. The summed E-state index contributed by atoms with van der Waals surface area (Å²) in [5.41, 5.74) is 1.53. The summed E-state index contributed by atoms with van der Waals surface area (Å²) in [6.07, 6.45) is 2.89. The van der Waals surface area contributed by atoms with E-state index in [4.69, 9.17) is 4.74 Å². The highest BCUT2D eigenvalue weighted by Gasteiger charge is 2.23. The molecule has 2 aromatic heterocycles. The average molecular weight is 543 g/mol. The van der Waals surface area contributed by atoms with Gasteiger partial charge in [-0.25, -0.2) is 14.1 Å². The predicted octanol–water partition coefficient (Wildman–Crippen LogP) is 5.60. The number of aryl methyl sites for hydroxylation is 1. The quantitative estimate of drug-likeness (QED) is 0.289. The lowest BCUT2D eigenvalue weighted by Gasteiger charge is -2.13. The van der Waals surface area contributed by atoms with E-state index in [-0.39, 0.29) is 16.5 Å². The first-order valence-electron chi connectivity index (χ1n) is 12.8. The van der Waals surface area contributed by atoms with Crippen molar-refractivity contribution in [3.63, 3.8) is 0 Å². The van der Waals surface area contributed by atoms with Crippen LogP contribution in [0.15, 0.2) is 53.6 Å². The Hall–Kier alpha value is -3.53. The third-order valence-electron chi connectivity index (χ3n) is 5.52. The van der Waals surface area contributed by atoms with Crippen LogP contribution < -0.4 is 14.8 Å². The van der Waals surface area contributed by atoms with Crippen LogP contribution in [-0.4, -0.2) is 37.4 Å². The van der Waals surface area contributed by atoms with E-state index >= 15 is 0 Å². The molecule has 10 heteroatoms. The molecule has 0 saturated heterocycles. The number of aromatic nitrogens is 2. The number of ether oxygens (including phenoxy) is 1. The Morgan fingerprint density at radius 1 is 1.05 bits per heavy atom. The van der Waals surface area contributed by atoms with E-state index in [2.05, 4.69) is 20.0 Å². The van der Waals surface area contributed by atoms with Crippen molar-refractivity contribution in [1.82, 2.24) is 14.7 Å². The summed E-state index contributed by atoms with van der Waals surface area (Å²) in [7, 11) is -4.22. The number of carbonyl (C=O) groups is 1. The SMILES string of the molecule is CCCCc1nc(-c2cc(F)cc(OCC(C)C)c2)ccc1C(=O)NS(=O)(=O)c1cccc(NCCC)n1. The third-order valence-corrected chi connectivity index (χ3v) is 6.75. The first-order valence-corrected chi connectivity index (χ1v) is 14.3. The van der Waals surface area contributed by atoms with Gasteiger partial charge in [-0.15, -0.1) is 0 Å². The molecule has 1 aromatic carbocycles. The van der Waals surface area contributed by atoms with Gasteiger partial charge in [-0.2, -0.15) is 8.42 Å². The minimum Gasteiger partial charge on any atom is -0.493 e. The molecule has 0 saturated carbocycles. The minimum atomic E-state index is -4.22. The number of halogens is 1. The highest BCUT2D eigenvalue weighted by atomic mass is 32.2. The number of anilines is 1. The summed E-state index contributed by atoms with van der Waals surface area (Å²) >= 11 is 0. The monoisotopic (exact) mass is 542 g/mol. The van der Waals surface area contributed by atoms with Gasteiger partial charge in [0.2, 0.25) is 0 Å². The predicted molar refractivity (Wildman–Crippen MR) is 146 cm³/mol. The molecule has 0 aliphatic carbocycles. The molecule has 0 unspecified atom stereocenters. The number of nitrogens with zero attached hydrogens (tertiary/aromatic N) is 2. The van der Waals surface area contributed by atoms with Crippen molar-refractivity contribution in [1.29, 1.82) is 0 Å². The highest BCUT2D eigenvalue weighted by molar-refractivity contribution is 7.90. The highest BCUT2D eigenvalue weighted by Crippen LogP contribution is 2.26. The van der Waals surface area contributed by atoms with Crippen LogP contribution in [0, 0.1) is 11.7 Å². The zero-order valence-electron chi connectivity index (χ0n) is 22.3. The molecule has 0 atom stereocenters. The molecule has 0 radical (unpaired) electrons. The number of unbranched alkanes of at least 4 members (excludes halogenated alkanes) is 1. The summed E-state index contributed by atoms with van der Waals surface area (Å²) in [4.78, 5) is 21.9. The Balaban J connectivity index is 1.90. The van der Waals surface area contributed by atoms with E-state index in [1.165, 1.54) is 24.3 Å². The van der Waals surface area contributed by atoms with Gasteiger partial charge in [-0.1, -0.05) is 40.2 Å². The van der Waals surface area contributed by atoms with Crippen LogP contribution >= 0.6 is 0 Å². The molecule has 38 heavy (non-hydrogen) atoms. The van der Waals surface area contributed by atoms with Crippen molar-refractivity contribution in [2.45, 2.75) is 58.4 Å². The largest absolute Gasteiger partial charge is 0.493 e. The lowest BCUT2D eigenvalue weighted by molar-refractivity contribution is 0.0980. The van der Waals surface area contributed by atoms with Crippen LogP contribution in [0.25, 0.3) is 11.3 Å². The van der Waals surface area contributed by atoms with Gasteiger partial charge in [0.15, 0.2) is 5.03 Å². The summed E-state index contributed by atoms with van der Waals surface area (Å²) < 4.78 is 48.0. The van der Waals surface area contributed by atoms with Crippen LogP contribution in [-0.2, 0) is 16.4 Å². The molecule has 2 N–H and O–H groups in total. The Labute approximate surface area is 224 Å². The Morgan fingerprint density at radius 2 is 1.84 bits per heavy atom. The molecule has 204 valence electrons. The van der Waals surface area contributed by atoms with Gasteiger partial charge in [0.25, 0.3) is 15.9 Å². The van der Waals surface area contributed by atoms with Gasteiger partial charge in [-0.05, 0) is 61.6 Å². The number of pyridine rings is 2. The van der Waals surface area contributed by atoms with E-state index in [9.17, 15) is 17.6 Å². The molecule has 3 rings (SSSR count). The standard InChI is InChI=1S/C28H35FN4O4S/c1-5-7-9-25-23(28(34)33-38(35,36)27-11-8-10-26(32-27)30-14-6-2)12-13-24(31-25)20-15-21(29)17-22(16-20)37-18-19(3)4/h8,10-13,15-17,19H,5-7,9,14,18H2,1-4H3,(H,30,32)(H,33,34). The second kappa shape index (κ2) is 13.3. The Morgan fingerprint density at radius 3 is 2.55 bits per heavy atom. The zero-order chi connectivity index (χ0) is 27.7. The fraction of sp³-hybridized carbons (Fsp3) is 0.393. The van der Waals surface area contributed by atoms with Crippen LogP contribution in [0.4, 0.5) is 10.2 Å². The second-order valence-corrected chi connectivity index (χ2v) is 11.0. The fourth-order valence-corrected chi connectivity index (χ4v) is 4.54. The molecule has 2 heterocycles. The number of amides is 1. The number of sulfonamides is 1. The molecule has 0 aliphatic heterocycles. The second-order valence-electron chi connectivity index (χ2n) is 9.40. The number of rotatable bonds is 13. The summed E-state index contributed by atoms with van der Waals surface area (Å²) in [5.74, 6) is -0.191. The maximum atomic E-state index is 14.3. The summed E-state index contributed by atoms with van der Waals surface area (Å²) in [5, 5.41) is 2.77. The van der Waals surface area contributed by atoms with Gasteiger partial charge in [0.1, 0.15) is 17.4 Å². The fourth-order valence-electron chi connectivity index (χ4n) is 3.61. The topological polar surface area (TPSA) is 110 Å². The summed E-state index contributed by atoms with van der Waals surface area (Å²) in [6.45, 7) is 9.07. The molecule has 0 aliphatic rings. The van der Waals surface area contributed by atoms with Crippen LogP contribution in [0.1, 0.15) is 63.0 Å². The van der Waals surface area contributed by atoms with E-state index in [1.807, 2.05) is 27.7 Å². The van der Waals surface area contributed by atoms with E-state index in [1.54, 1.807) is 24.3 Å². The number of carbonyl (C=O) groups excluding carboxylic acids is 1. The molecule has 8 nitrogen and oxygen atoms in total. The van der Waals surface area contributed by atoms with Crippen molar-refractivity contribution in [2.24, 2.45) is 5.92 Å². The number of hydrogen-bond acceptors (Lipinski definition) is 7. The first-order chi connectivity index (χ1) is 18.1. The Kier molecular flexibility index (Phi) is 10.2. The van der Waals surface area contributed by atoms with Gasteiger partial charge in [-0.3, -0.25) is 9.78 Å². The minimum absolute atomic E-state index is 0.138. The van der Waals surface area contributed by atoms with Gasteiger partial charge >= 0.3 is 0 Å². The lowest BCUT2D eigenvalue weighted by Crippen LogP contribution is -2.32. The molecule has 3 aromatic rings. The van der Waals surface area contributed by atoms with Gasteiger partial charge in [0, 0.05) is 18.2 Å². The van der Waals surface area contributed by atoms with E-state index in [0.717, 1.165) is 19.3 Å². The number of hydrogen-bond donors (Lipinski definition) is 2. The first kappa shape index (κ1) is 29.0. The molecule has 0 fully saturated rings. The van der Waals surface area contributed by atoms with Gasteiger partial charge < -0.3 is 10.1 Å². The maximum Gasteiger partial charge on any atom is 0.281 e. The van der Waals surface area contributed by atoms with Crippen LogP contribution in [0.2, 0.25) is 0 Å². The zero-order valence-corrected chi connectivity index (χ0v) is 23.1. The Bertz CT molecular complexity index is 1360. The van der Waals surface area contributed by atoms with Crippen molar-refractivity contribution >= 4 is 21.7 Å². The molecule has 1 amide bonds. The van der Waals surface area contributed by atoms with Gasteiger partial charge in [0.05, 0.1) is 23.6 Å². The third kappa shape index (κ3) is 7.98. The maximum absolute atomic E-state index is 14.3. The van der Waals surface area contributed by atoms with E-state index < -0.39 is 21.7 Å². The normalized spacial score (nSPS) is 11.4. The average Bonchev–Trinajstić information content (AvgIpc) is 2.89. The molecular formula is C28H35FN4O4S. The van der Waals surface area contributed by atoms with Crippen molar-refractivity contribution in [2.75, 3.05) is 18.5 Å². The number of nitrogens with one attached hydrogen (secondary N) is 2. The van der Waals surface area contributed by atoms with Crippen LogP contribution in [0.3, 0.4) is 0 Å². The van der Waals surface area contributed by atoms with Crippen LogP contribution in [0.5, 0.6) is 5.75 Å². The molecule has 0 spiro atoms. The smallest absolute Gasteiger partial charge is 0.281 e. The van der Waals surface area contributed by atoms with Crippen molar-refractivity contribution in [3.8, 4) is 17.0 Å². The molecule has 0 bridgehead atoms.